The number of nitrogens with two attached hydrogens (primary N) is 1. The molecule has 1 aliphatic carbocycles. The lowest BCUT2D eigenvalue weighted by atomic mass is 9.87. The molecule has 1 unspecified atom stereocenters. The molecular formula is C11H16F2N2O3. The molecule has 2 N–H and O–H groups in total. The number of hydrogen-bond acceptors (Lipinski definition) is 5. The van der Waals surface area contributed by atoms with Crippen LogP contribution < -0.4 is 5.73 Å². The van der Waals surface area contributed by atoms with Crippen LogP contribution in [0.15, 0.2) is 4.99 Å². The van der Waals surface area contributed by atoms with Crippen LogP contribution in [0, 0.1) is 11.8 Å². The predicted molar refractivity (Wildman–Crippen MR) is 59.2 cm³/mol. The maximum absolute atomic E-state index is 13.9. The van der Waals surface area contributed by atoms with Gasteiger partial charge in [-0.05, 0) is 20.3 Å². The summed E-state index contributed by atoms with van der Waals surface area (Å²) in [5, 5.41) is 0. The van der Waals surface area contributed by atoms with Crippen molar-refractivity contribution in [2.45, 2.75) is 31.7 Å². The molecule has 2 rings (SSSR count). The minimum atomic E-state index is -3.14. The van der Waals surface area contributed by atoms with Crippen molar-refractivity contribution >= 4 is 12.0 Å². The number of hydrogen-bond donors (Lipinski definition) is 1. The van der Waals surface area contributed by atoms with Crippen molar-refractivity contribution in [1.82, 2.24) is 0 Å². The molecule has 0 aromatic heterocycles. The summed E-state index contributed by atoms with van der Waals surface area (Å²) in [5.41, 5.74) is 3.67. The summed E-state index contributed by atoms with van der Waals surface area (Å²) in [6.07, 6.45) is 0.349. The summed E-state index contributed by atoms with van der Waals surface area (Å²) in [4.78, 5) is 15.3. The van der Waals surface area contributed by atoms with E-state index in [-0.39, 0.29) is 12.6 Å². The Hall–Kier alpha value is -1.40. The maximum atomic E-state index is 13.9. The molecule has 0 saturated heterocycles. The van der Waals surface area contributed by atoms with Crippen LogP contribution in [-0.2, 0) is 14.3 Å². The molecule has 1 fully saturated rings. The lowest BCUT2D eigenvalue weighted by molar-refractivity contribution is -0.147. The second-order valence-electron chi connectivity index (χ2n) is 4.79. The highest BCUT2D eigenvalue weighted by molar-refractivity contribution is 5.77. The second-order valence-corrected chi connectivity index (χ2v) is 4.79. The van der Waals surface area contributed by atoms with Gasteiger partial charge in [0.2, 0.25) is 0 Å². The van der Waals surface area contributed by atoms with E-state index in [2.05, 4.69) is 9.73 Å². The number of halogens is 2. The Kier molecular flexibility index (Phi) is 2.95. The highest BCUT2D eigenvalue weighted by Gasteiger charge is 2.66. The van der Waals surface area contributed by atoms with Crippen LogP contribution in [0.25, 0.3) is 0 Å². The number of carbonyl (C=O) groups is 1. The Morgan fingerprint density at radius 3 is 2.94 bits per heavy atom. The molecule has 1 heterocycles. The van der Waals surface area contributed by atoms with Crippen LogP contribution in [0.2, 0.25) is 0 Å². The van der Waals surface area contributed by atoms with E-state index in [9.17, 15) is 13.6 Å². The van der Waals surface area contributed by atoms with Crippen LogP contribution in [0.1, 0.15) is 20.3 Å². The van der Waals surface area contributed by atoms with Gasteiger partial charge in [0.05, 0.1) is 12.5 Å². The van der Waals surface area contributed by atoms with Gasteiger partial charge in [-0.25, -0.2) is 13.8 Å². The van der Waals surface area contributed by atoms with E-state index in [0.717, 1.165) is 0 Å². The van der Waals surface area contributed by atoms with Gasteiger partial charge in [-0.3, -0.25) is 4.79 Å². The zero-order valence-corrected chi connectivity index (χ0v) is 10.3. The minimum Gasteiger partial charge on any atom is -0.466 e. The average molecular weight is 262 g/mol. The molecule has 3 atom stereocenters. The lowest BCUT2D eigenvalue weighted by Gasteiger charge is -2.37. The summed E-state index contributed by atoms with van der Waals surface area (Å²) in [6, 6.07) is -0.252. The lowest BCUT2D eigenvalue weighted by Crippen LogP contribution is -2.55. The van der Waals surface area contributed by atoms with E-state index < -0.39 is 35.9 Å². The van der Waals surface area contributed by atoms with Crippen LogP contribution in [0.4, 0.5) is 8.78 Å². The Balaban J connectivity index is 2.17. The molecule has 102 valence electrons. The van der Waals surface area contributed by atoms with Crippen molar-refractivity contribution in [2.24, 2.45) is 22.6 Å². The Morgan fingerprint density at radius 1 is 1.67 bits per heavy atom. The molecule has 2 aliphatic rings. The molecule has 0 aromatic carbocycles. The molecule has 0 amide bonds. The number of amidine groups is 1. The summed E-state index contributed by atoms with van der Waals surface area (Å²) in [7, 11) is 0. The average Bonchev–Trinajstić information content (AvgIpc) is 3.05. The molecule has 7 heteroatoms. The van der Waals surface area contributed by atoms with Gasteiger partial charge in [0, 0.05) is 5.92 Å². The summed E-state index contributed by atoms with van der Waals surface area (Å²) < 4.78 is 37.2. The fourth-order valence-electron chi connectivity index (χ4n) is 2.33. The van der Waals surface area contributed by atoms with Gasteiger partial charge in [-0.1, -0.05) is 0 Å². The van der Waals surface area contributed by atoms with Gasteiger partial charge in [0.15, 0.2) is 6.61 Å². The third kappa shape index (κ3) is 1.91. The first-order chi connectivity index (χ1) is 8.32. The minimum absolute atomic E-state index is 0.240. The van der Waals surface area contributed by atoms with Gasteiger partial charge >= 0.3 is 11.9 Å². The Bertz CT molecular complexity index is 400. The fourth-order valence-corrected chi connectivity index (χ4v) is 2.33. The zero-order chi connectivity index (χ0) is 13.6. The van der Waals surface area contributed by atoms with E-state index >= 15 is 0 Å². The van der Waals surface area contributed by atoms with Gasteiger partial charge in [-0.2, -0.15) is 0 Å². The molecule has 5 nitrogen and oxygen atoms in total. The molecule has 18 heavy (non-hydrogen) atoms. The first-order valence-corrected chi connectivity index (χ1v) is 5.84. The predicted octanol–water partition coefficient (Wildman–Crippen LogP) is 0.925. The standard InChI is InChI=1S/C11H16F2N2O3/c1-3-17-8(16)6-4-7(6)10(2)11(12,13)5-18-9(14)15-10/h6-7H,3-5H2,1-2H3,(H2,14,15)/t6-,7-,10?/m0/s1. The quantitative estimate of drug-likeness (QED) is 0.768. The zero-order valence-electron chi connectivity index (χ0n) is 10.3. The SMILES string of the molecule is CCOC(=O)[C@H]1C[C@@H]1C1(C)N=C(N)OCC1(F)F. The van der Waals surface area contributed by atoms with E-state index in [1.807, 2.05) is 0 Å². The van der Waals surface area contributed by atoms with Crippen LogP contribution in [-0.4, -0.2) is 36.7 Å². The molecule has 1 aliphatic heterocycles. The molecule has 0 bridgehead atoms. The number of ether oxygens (including phenoxy) is 2. The van der Waals surface area contributed by atoms with Gasteiger partial charge < -0.3 is 15.2 Å². The van der Waals surface area contributed by atoms with E-state index in [0.29, 0.717) is 6.42 Å². The fraction of sp³-hybridized carbons (Fsp3) is 0.818. The van der Waals surface area contributed by atoms with Gasteiger partial charge in [0.25, 0.3) is 6.02 Å². The largest absolute Gasteiger partial charge is 0.466 e. The first kappa shape index (κ1) is 13.0. The van der Waals surface area contributed by atoms with Crippen molar-refractivity contribution in [1.29, 1.82) is 0 Å². The van der Waals surface area contributed by atoms with Crippen molar-refractivity contribution in [2.75, 3.05) is 13.2 Å². The van der Waals surface area contributed by atoms with Crippen molar-refractivity contribution in [3.8, 4) is 0 Å². The molecule has 0 aromatic rings. The van der Waals surface area contributed by atoms with Crippen molar-refractivity contribution in [3.05, 3.63) is 0 Å². The van der Waals surface area contributed by atoms with E-state index in [1.165, 1.54) is 6.92 Å². The molecule has 1 saturated carbocycles. The van der Waals surface area contributed by atoms with Crippen molar-refractivity contribution < 1.29 is 23.0 Å². The topological polar surface area (TPSA) is 73.9 Å². The summed E-state index contributed by atoms with van der Waals surface area (Å²) >= 11 is 0. The number of alkyl halides is 2. The number of esters is 1. The Morgan fingerprint density at radius 2 is 2.33 bits per heavy atom. The second kappa shape index (κ2) is 4.07. The van der Waals surface area contributed by atoms with Crippen LogP contribution in [0.3, 0.4) is 0 Å². The number of rotatable bonds is 3. The highest BCUT2D eigenvalue weighted by Crippen LogP contribution is 2.55. The molecule has 0 spiro atoms. The van der Waals surface area contributed by atoms with Crippen LogP contribution in [0.5, 0.6) is 0 Å². The van der Waals surface area contributed by atoms with E-state index in [4.69, 9.17) is 10.5 Å². The normalized spacial score (nSPS) is 37.4. The summed E-state index contributed by atoms with van der Waals surface area (Å²) in [6.45, 7) is 2.43. The maximum Gasteiger partial charge on any atom is 0.309 e. The number of aliphatic imine (C=N–C) groups is 1. The highest BCUT2D eigenvalue weighted by atomic mass is 19.3. The Labute approximate surface area is 103 Å². The number of carbonyl (C=O) groups excluding carboxylic acids is 1. The van der Waals surface area contributed by atoms with Gasteiger partial charge in [0.1, 0.15) is 5.54 Å². The molecular weight excluding hydrogens is 246 g/mol. The summed E-state index contributed by atoms with van der Waals surface area (Å²) in [5.74, 6) is -4.65. The van der Waals surface area contributed by atoms with Crippen LogP contribution >= 0.6 is 0 Å². The first-order valence-electron chi connectivity index (χ1n) is 5.84. The van der Waals surface area contributed by atoms with Crippen molar-refractivity contribution in [3.63, 3.8) is 0 Å². The third-order valence-electron chi connectivity index (χ3n) is 3.59. The third-order valence-corrected chi connectivity index (χ3v) is 3.59. The molecule has 0 radical (unpaired) electrons. The number of nitrogens with zero attached hydrogens (tertiary/aromatic N) is 1. The smallest absolute Gasteiger partial charge is 0.309 e. The van der Waals surface area contributed by atoms with E-state index in [1.54, 1.807) is 6.92 Å². The monoisotopic (exact) mass is 262 g/mol. The van der Waals surface area contributed by atoms with Gasteiger partial charge in [-0.15, -0.1) is 0 Å².